The van der Waals surface area contributed by atoms with E-state index in [1.54, 1.807) is 6.20 Å². The van der Waals surface area contributed by atoms with Crippen LogP contribution in [-0.4, -0.2) is 52.2 Å². The number of piperidine rings is 1. The molecule has 8 heteroatoms. The lowest BCUT2D eigenvalue weighted by atomic mass is 9.79. The van der Waals surface area contributed by atoms with Crippen LogP contribution in [0.5, 0.6) is 0 Å². The molecule has 2 heterocycles. The van der Waals surface area contributed by atoms with Crippen molar-refractivity contribution in [1.82, 2.24) is 25.6 Å². The SMILES string of the molecule is CCC(CC)(CCO)CNC(=O)c1cn(C2CCNCC2)nn1.Cl. The number of hydrogen-bond donors (Lipinski definition) is 3. The van der Waals surface area contributed by atoms with Crippen LogP contribution in [0, 0.1) is 5.41 Å². The first-order valence-corrected chi connectivity index (χ1v) is 8.65. The highest BCUT2D eigenvalue weighted by molar-refractivity contribution is 5.91. The standard InChI is InChI=1S/C16H29N5O2.ClH/c1-3-16(4-2,7-10-22)12-18-15(23)14-11-21(20-19-14)13-5-8-17-9-6-13;/h11,13,17,22H,3-10,12H2,1-2H3,(H,18,23);1H. The summed E-state index contributed by atoms with van der Waals surface area (Å²) in [5, 5.41) is 23.7. The van der Waals surface area contributed by atoms with Gasteiger partial charge in [-0.2, -0.15) is 0 Å². The zero-order valence-electron chi connectivity index (χ0n) is 14.6. The number of carbonyl (C=O) groups excluding carboxylic acids is 1. The molecule has 1 aliphatic heterocycles. The summed E-state index contributed by atoms with van der Waals surface area (Å²) in [6.07, 6.45) is 6.31. The number of rotatable bonds is 8. The number of carbonyl (C=O) groups is 1. The average molecular weight is 360 g/mol. The summed E-state index contributed by atoms with van der Waals surface area (Å²) in [7, 11) is 0. The van der Waals surface area contributed by atoms with Crippen molar-refractivity contribution in [2.24, 2.45) is 5.41 Å². The summed E-state index contributed by atoms with van der Waals surface area (Å²) in [5.74, 6) is -0.186. The second kappa shape index (κ2) is 9.96. The first-order chi connectivity index (χ1) is 11.1. The quantitative estimate of drug-likeness (QED) is 0.654. The second-order valence-electron chi connectivity index (χ2n) is 6.43. The number of aliphatic hydroxyl groups excluding tert-OH is 1. The highest BCUT2D eigenvalue weighted by Gasteiger charge is 2.27. The number of amides is 1. The Labute approximate surface area is 150 Å². The van der Waals surface area contributed by atoms with Crippen molar-refractivity contribution in [2.75, 3.05) is 26.2 Å². The Morgan fingerprint density at radius 2 is 2.08 bits per heavy atom. The van der Waals surface area contributed by atoms with Crippen LogP contribution < -0.4 is 10.6 Å². The number of nitrogens with zero attached hydrogens (tertiary/aromatic N) is 3. The fourth-order valence-corrected chi connectivity index (χ4v) is 3.17. The van der Waals surface area contributed by atoms with E-state index >= 15 is 0 Å². The van der Waals surface area contributed by atoms with Crippen LogP contribution in [0.15, 0.2) is 6.20 Å². The van der Waals surface area contributed by atoms with E-state index in [0.717, 1.165) is 38.8 Å². The van der Waals surface area contributed by atoms with Crippen molar-refractivity contribution in [3.8, 4) is 0 Å². The van der Waals surface area contributed by atoms with E-state index in [2.05, 4.69) is 34.8 Å². The molecule has 138 valence electrons. The van der Waals surface area contributed by atoms with Crippen LogP contribution >= 0.6 is 12.4 Å². The molecule has 2 rings (SSSR count). The highest BCUT2D eigenvalue weighted by atomic mass is 35.5. The predicted molar refractivity (Wildman–Crippen MR) is 95.5 cm³/mol. The minimum absolute atomic E-state index is 0. The average Bonchev–Trinajstić information content (AvgIpc) is 3.09. The summed E-state index contributed by atoms with van der Waals surface area (Å²) in [6.45, 7) is 6.84. The molecule has 7 nitrogen and oxygen atoms in total. The minimum atomic E-state index is -0.186. The monoisotopic (exact) mass is 359 g/mol. The van der Waals surface area contributed by atoms with Crippen molar-refractivity contribution in [2.45, 2.75) is 52.0 Å². The maximum absolute atomic E-state index is 12.3. The molecule has 0 saturated carbocycles. The minimum Gasteiger partial charge on any atom is -0.396 e. The summed E-state index contributed by atoms with van der Waals surface area (Å²) in [4.78, 5) is 12.3. The summed E-state index contributed by atoms with van der Waals surface area (Å²) < 4.78 is 1.82. The molecule has 3 N–H and O–H groups in total. The van der Waals surface area contributed by atoms with Crippen molar-refractivity contribution in [1.29, 1.82) is 0 Å². The highest BCUT2D eigenvalue weighted by Crippen LogP contribution is 2.29. The zero-order valence-corrected chi connectivity index (χ0v) is 15.4. The Balaban J connectivity index is 0.00000288. The third-order valence-corrected chi connectivity index (χ3v) is 5.19. The Morgan fingerprint density at radius 1 is 1.42 bits per heavy atom. The van der Waals surface area contributed by atoms with Crippen LogP contribution in [-0.2, 0) is 0 Å². The van der Waals surface area contributed by atoms with Crippen LogP contribution in [0.1, 0.15) is 62.5 Å². The molecule has 0 bridgehead atoms. The van der Waals surface area contributed by atoms with Crippen LogP contribution in [0.25, 0.3) is 0 Å². The topological polar surface area (TPSA) is 92.1 Å². The van der Waals surface area contributed by atoms with Crippen LogP contribution in [0.4, 0.5) is 0 Å². The van der Waals surface area contributed by atoms with Crippen LogP contribution in [0.2, 0.25) is 0 Å². The first kappa shape index (κ1) is 20.9. The lowest BCUT2D eigenvalue weighted by Gasteiger charge is -2.31. The fourth-order valence-electron chi connectivity index (χ4n) is 3.17. The van der Waals surface area contributed by atoms with Gasteiger partial charge in [-0.3, -0.25) is 4.79 Å². The van der Waals surface area contributed by atoms with E-state index in [0.29, 0.717) is 24.7 Å². The molecule has 1 aromatic rings. The van der Waals surface area contributed by atoms with Gasteiger partial charge in [0, 0.05) is 13.2 Å². The van der Waals surface area contributed by atoms with Crippen molar-refractivity contribution >= 4 is 18.3 Å². The van der Waals surface area contributed by atoms with Gasteiger partial charge in [-0.1, -0.05) is 19.1 Å². The van der Waals surface area contributed by atoms with Gasteiger partial charge in [-0.15, -0.1) is 17.5 Å². The number of aliphatic hydroxyl groups is 1. The summed E-state index contributed by atoms with van der Waals surface area (Å²) >= 11 is 0. The molecule has 24 heavy (non-hydrogen) atoms. The van der Waals surface area contributed by atoms with E-state index in [-0.39, 0.29) is 30.3 Å². The van der Waals surface area contributed by atoms with Crippen LogP contribution in [0.3, 0.4) is 0 Å². The first-order valence-electron chi connectivity index (χ1n) is 8.65. The normalized spacial score (nSPS) is 15.8. The maximum atomic E-state index is 12.3. The third kappa shape index (κ3) is 5.16. The molecule has 0 atom stereocenters. The van der Waals surface area contributed by atoms with Crippen molar-refractivity contribution < 1.29 is 9.90 Å². The van der Waals surface area contributed by atoms with Crippen molar-refractivity contribution in [3.63, 3.8) is 0 Å². The predicted octanol–water partition coefficient (Wildman–Crippen LogP) is 1.54. The van der Waals surface area contributed by atoms with Gasteiger partial charge in [-0.05, 0) is 50.6 Å². The maximum Gasteiger partial charge on any atom is 0.273 e. The molecule has 0 unspecified atom stereocenters. The van der Waals surface area contributed by atoms with Gasteiger partial charge >= 0.3 is 0 Å². The fraction of sp³-hybridized carbons (Fsp3) is 0.812. The molecule has 0 spiro atoms. The third-order valence-electron chi connectivity index (χ3n) is 5.19. The van der Waals surface area contributed by atoms with Gasteiger partial charge in [0.15, 0.2) is 5.69 Å². The largest absolute Gasteiger partial charge is 0.396 e. The molecule has 0 aliphatic carbocycles. The molecule has 1 amide bonds. The Morgan fingerprint density at radius 3 is 2.67 bits per heavy atom. The lowest BCUT2D eigenvalue weighted by Crippen LogP contribution is -2.37. The van der Waals surface area contributed by atoms with E-state index in [1.165, 1.54) is 0 Å². The van der Waals surface area contributed by atoms with Gasteiger partial charge in [0.05, 0.1) is 12.2 Å². The molecular weight excluding hydrogens is 330 g/mol. The Hall–Kier alpha value is -1.18. The number of halogens is 1. The smallest absolute Gasteiger partial charge is 0.273 e. The molecule has 1 fully saturated rings. The van der Waals surface area contributed by atoms with E-state index in [4.69, 9.17) is 0 Å². The van der Waals surface area contributed by atoms with E-state index in [9.17, 15) is 9.90 Å². The van der Waals surface area contributed by atoms with Gasteiger partial charge < -0.3 is 15.7 Å². The zero-order chi connectivity index (χ0) is 16.7. The van der Waals surface area contributed by atoms with Gasteiger partial charge in [0.2, 0.25) is 0 Å². The van der Waals surface area contributed by atoms with Gasteiger partial charge in [0.1, 0.15) is 0 Å². The molecule has 0 aromatic carbocycles. The Kier molecular flexibility index (Phi) is 8.66. The van der Waals surface area contributed by atoms with E-state index in [1.807, 2.05) is 4.68 Å². The molecule has 0 radical (unpaired) electrons. The van der Waals surface area contributed by atoms with Crippen molar-refractivity contribution in [3.05, 3.63) is 11.9 Å². The van der Waals surface area contributed by atoms with E-state index < -0.39 is 0 Å². The lowest BCUT2D eigenvalue weighted by molar-refractivity contribution is 0.0902. The summed E-state index contributed by atoms with van der Waals surface area (Å²) in [6, 6.07) is 0.324. The summed E-state index contributed by atoms with van der Waals surface area (Å²) in [5.41, 5.74) is 0.323. The number of nitrogens with one attached hydrogen (secondary N) is 2. The second-order valence-corrected chi connectivity index (χ2v) is 6.43. The number of hydrogen-bond acceptors (Lipinski definition) is 5. The Bertz CT molecular complexity index is 498. The van der Waals surface area contributed by atoms with Gasteiger partial charge in [0.25, 0.3) is 5.91 Å². The van der Waals surface area contributed by atoms with Gasteiger partial charge in [-0.25, -0.2) is 4.68 Å². The molecular formula is C16H30ClN5O2. The number of aromatic nitrogens is 3. The molecule has 1 saturated heterocycles. The molecule has 1 aliphatic rings. The molecule has 1 aromatic heterocycles.